The molecule has 0 aliphatic rings. The number of amides is 1. The Morgan fingerprint density at radius 2 is 1.94 bits per heavy atom. The van der Waals surface area contributed by atoms with Crippen LogP contribution in [0, 0.1) is 5.92 Å². The van der Waals surface area contributed by atoms with E-state index in [4.69, 9.17) is 5.73 Å². The molecule has 0 spiro atoms. The van der Waals surface area contributed by atoms with E-state index in [-0.39, 0.29) is 18.0 Å². The highest BCUT2D eigenvalue weighted by molar-refractivity contribution is 5.81. The maximum Gasteiger partial charge on any atom is 0.237 e. The maximum absolute atomic E-state index is 11.8. The van der Waals surface area contributed by atoms with E-state index in [0.717, 1.165) is 19.4 Å². The van der Waals surface area contributed by atoms with Gasteiger partial charge in [-0.3, -0.25) is 4.79 Å². The molecule has 0 aromatic carbocycles. The lowest BCUT2D eigenvalue weighted by Gasteiger charge is -2.26. The summed E-state index contributed by atoms with van der Waals surface area (Å²) in [5, 5.41) is 3.03. The van der Waals surface area contributed by atoms with Gasteiger partial charge >= 0.3 is 0 Å². The van der Waals surface area contributed by atoms with E-state index in [1.54, 1.807) is 0 Å². The Hall–Kier alpha value is -0.610. The van der Waals surface area contributed by atoms with Gasteiger partial charge in [0.1, 0.15) is 0 Å². The summed E-state index contributed by atoms with van der Waals surface area (Å²) in [5.41, 5.74) is 5.78. The van der Waals surface area contributed by atoms with Crippen LogP contribution in [0.1, 0.15) is 33.6 Å². The Balaban J connectivity index is 4.23. The normalized spacial score (nSPS) is 15.2. The molecule has 16 heavy (non-hydrogen) atoms. The molecule has 3 N–H and O–H groups in total. The van der Waals surface area contributed by atoms with E-state index in [9.17, 15) is 4.79 Å². The van der Waals surface area contributed by atoms with Crippen molar-refractivity contribution in [2.24, 2.45) is 11.7 Å². The highest BCUT2D eigenvalue weighted by atomic mass is 16.2. The van der Waals surface area contributed by atoms with E-state index in [1.165, 1.54) is 0 Å². The molecule has 0 saturated heterocycles. The van der Waals surface area contributed by atoms with Gasteiger partial charge in [0.25, 0.3) is 0 Å². The van der Waals surface area contributed by atoms with Crippen LogP contribution in [0.2, 0.25) is 0 Å². The van der Waals surface area contributed by atoms with Gasteiger partial charge in [0.05, 0.1) is 6.04 Å². The summed E-state index contributed by atoms with van der Waals surface area (Å²) in [4.78, 5) is 13.9. The molecule has 0 radical (unpaired) electrons. The van der Waals surface area contributed by atoms with Gasteiger partial charge in [-0.25, -0.2) is 0 Å². The van der Waals surface area contributed by atoms with E-state index in [1.807, 2.05) is 21.0 Å². The van der Waals surface area contributed by atoms with Crippen LogP contribution >= 0.6 is 0 Å². The second-order valence-electron chi connectivity index (χ2n) is 5.02. The number of nitrogens with zero attached hydrogens (tertiary/aromatic N) is 1. The predicted octanol–water partition coefficient (Wildman–Crippen LogP) is 0.816. The number of likely N-dealkylation sites (N-methyl/N-ethyl adjacent to an activating group) is 1. The summed E-state index contributed by atoms with van der Waals surface area (Å²) in [6.07, 6.45) is 1.69. The molecule has 0 aromatic rings. The van der Waals surface area contributed by atoms with E-state index >= 15 is 0 Å². The van der Waals surface area contributed by atoms with Crippen LogP contribution in [-0.2, 0) is 4.79 Å². The molecule has 0 aromatic heterocycles. The van der Waals surface area contributed by atoms with Crippen molar-refractivity contribution in [2.75, 3.05) is 20.6 Å². The van der Waals surface area contributed by atoms with Crippen LogP contribution in [0.15, 0.2) is 0 Å². The van der Waals surface area contributed by atoms with Gasteiger partial charge in [-0.2, -0.15) is 0 Å². The standard InChI is InChI=1S/C12H27N3O/c1-6-7-10(13)12(16)14-11(9(2)3)8-15(4)5/h9-11H,6-8,13H2,1-5H3,(H,14,16). The Labute approximate surface area is 99.6 Å². The van der Waals surface area contributed by atoms with E-state index < -0.39 is 0 Å². The fraction of sp³-hybridized carbons (Fsp3) is 0.917. The lowest BCUT2D eigenvalue weighted by Crippen LogP contribution is -2.50. The third-order valence-corrected chi connectivity index (χ3v) is 2.63. The highest BCUT2D eigenvalue weighted by Crippen LogP contribution is 2.04. The predicted molar refractivity (Wildman–Crippen MR) is 68.2 cm³/mol. The number of carbonyl (C=O) groups excluding carboxylic acids is 1. The Morgan fingerprint density at radius 3 is 2.31 bits per heavy atom. The van der Waals surface area contributed by atoms with Crippen LogP contribution in [0.3, 0.4) is 0 Å². The Bertz CT molecular complexity index is 204. The molecule has 1 amide bonds. The van der Waals surface area contributed by atoms with Crippen LogP contribution in [0.5, 0.6) is 0 Å². The summed E-state index contributed by atoms with van der Waals surface area (Å²) in [5.74, 6) is 0.391. The van der Waals surface area contributed by atoms with Gasteiger partial charge < -0.3 is 16.0 Å². The van der Waals surface area contributed by atoms with Crippen LogP contribution in [0.25, 0.3) is 0 Å². The number of rotatable bonds is 7. The van der Waals surface area contributed by atoms with Gasteiger partial charge in [-0.1, -0.05) is 27.2 Å². The van der Waals surface area contributed by atoms with Crippen molar-refractivity contribution in [1.29, 1.82) is 0 Å². The average Bonchev–Trinajstić information content (AvgIpc) is 2.16. The van der Waals surface area contributed by atoms with Crippen molar-refractivity contribution in [3.63, 3.8) is 0 Å². The first-order valence-corrected chi connectivity index (χ1v) is 6.09. The zero-order valence-electron chi connectivity index (χ0n) is 11.3. The summed E-state index contributed by atoms with van der Waals surface area (Å²) >= 11 is 0. The molecule has 96 valence electrons. The minimum absolute atomic E-state index is 0.0256. The molecule has 0 bridgehead atoms. The molecular weight excluding hydrogens is 202 g/mol. The zero-order valence-corrected chi connectivity index (χ0v) is 11.3. The minimum Gasteiger partial charge on any atom is -0.350 e. The second kappa shape index (κ2) is 7.63. The van der Waals surface area contributed by atoms with Gasteiger partial charge in [0.15, 0.2) is 0 Å². The number of hydrogen-bond acceptors (Lipinski definition) is 3. The molecule has 4 nitrogen and oxygen atoms in total. The maximum atomic E-state index is 11.8. The lowest BCUT2D eigenvalue weighted by atomic mass is 10.0. The molecule has 0 heterocycles. The van der Waals surface area contributed by atoms with Gasteiger partial charge in [0.2, 0.25) is 5.91 Å². The van der Waals surface area contributed by atoms with Gasteiger partial charge in [-0.15, -0.1) is 0 Å². The van der Waals surface area contributed by atoms with Crippen molar-refractivity contribution in [3.8, 4) is 0 Å². The fourth-order valence-corrected chi connectivity index (χ4v) is 1.55. The largest absolute Gasteiger partial charge is 0.350 e. The second-order valence-corrected chi connectivity index (χ2v) is 5.02. The monoisotopic (exact) mass is 229 g/mol. The topological polar surface area (TPSA) is 58.4 Å². The van der Waals surface area contributed by atoms with Crippen LogP contribution < -0.4 is 11.1 Å². The fourth-order valence-electron chi connectivity index (χ4n) is 1.55. The summed E-state index contributed by atoms with van der Waals surface area (Å²) in [6, 6.07) is -0.196. The van der Waals surface area contributed by atoms with Gasteiger partial charge in [-0.05, 0) is 26.4 Å². The van der Waals surface area contributed by atoms with Crippen molar-refractivity contribution in [2.45, 2.75) is 45.7 Å². The van der Waals surface area contributed by atoms with E-state index in [2.05, 4.69) is 24.1 Å². The van der Waals surface area contributed by atoms with Crippen molar-refractivity contribution in [3.05, 3.63) is 0 Å². The molecule has 0 saturated carbocycles. The minimum atomic E-state index is -0.367. The molecule has 0 aliphatic heterocycles. The summed E-state index contributed by atoms with van der Waals surface area (Å²) in [6.45, 7) is 7.11. The van der Waals surface area contributed by atoms with Gasteiger partial charge in [0, 0.05) is 12.6 Å². The molecule has 0 rings (SSSR count). The van der Waals surface area contributed by atoms with Crippen LogP contribution in [0.4, 0.5) is 0 Å². The Morgan fingerprint density at radius 1 is 1.38 bits per heavy atom. The quantitative estimate of drug-likeness (QED) is 0.679. The smallest absolute Gasteiger partial charge is 0.237 e. The third-order valence-electron chi connectivity index (χ3n) is 2.63. The molecule has 2 unspecified atom stereocenters. The molecule has 2 atom stereocenters. The zero-order chi connectivity index (χ0) is 12.7. The van der Waals surface area contributed by atoms with E-state index in [0.29, 0.717) is 5.92 Å². The first-order valence-electron chi connectivity index (χ1n) is 6.09. The van der Waals surface area contributed by atoms with Crippen molar-refractivity contribution >= 4 is 5.91 Å². The lowest BCUT2D eigenvalue weighted by molar-refractivity contribution is -0.123. The highest BCUT2D eigenvalue weighted by Gasteiger charge is 2.20. The number of carbonyl (C=O) groups is 1. The summed E-state index contributed by atoms with van der Waals surface area (Å²) < 4.78 is 0. The summed E-state index contributed by atoms with van der Waals surface area (Å²) in [7, 11) is 4.01. The SMILES string of the molecule is CCCC(N)C(=O)NC(CN(C)C)C(C)C. The molecule has 4 heteroatoms. The Kier molecular flexibility index (Phi) is 7.34. The first kappa shape index (κ1) is 15.4. The number of nitrogens with two attached hydrogens (primary N) is 1. The third kappa shape index (κ3) is 6.08. The van der Waals surface area contributed by atoms with Crippen molar-refractivity contribution in [1.82, 2.24) is 10.2 Å². The molecule has 0 fully saturated rings. The van der Waals surface area contributed by atoms with Crippen molar-refractivity contribution < 1.29 is 4.79 Å². The molecular formula is C12H27N3O. The molecule has 0 aliphatic carbocycles. The number of nitrogens with one attached hydrogen (secondary N) is 1. The number of hydrogen-bond donors (Lipinski definition) is 2. The average molecular weight is 229 g/mol. The first-order chi connectivity index (χ1) is 7.38. The van der Waals surface area contributed by atoms with Crippen LogP contribution in [-0.4, -0.2) is 43.5 Å².